The molecule has 24 heavy (non-hydrogen) atoms. The van der Waals surface area contributed by atoms with Crippen LogP contribution >= 0.6 is 0 Å². The number of aromatic nitrogens is 3. The van der Waals surface area contributed by atoms with Gasteiger partial charge >= 0.3 is 0 Å². The highest BCUT2D eigenvalue weighted by Gasteiger charge is 2.26. The van der Waals surface area contributed by atoms with Crippen LogP contribution < -0.4 is 10.1 Å². The van der Waals surface area contributed by atoms with Crippen molar-refractivity contribution in [1.29, 1.82) is 0 Å². The summed E-state index contributed by atoms with van der Waals surface area (Å²) in [5.41, 5.74) is 1.75. The maximum Gasteiger partial charge on any atom is 0.255 e. The second-order valence-electron chi connectivity index (χ2n) is 6.82. The molecule has 0 fully saturated rings. The van der Waals surface area contributed by atoms with E-state index in [1.807, 2.05) is 22.9 Å². The van der Waals surface area contributed by atoms with Gasteiger partial charge in [0, 0.05) is 24.8 Å². The third-order valence-corrected chi connectivity index (χ3v) is 4.69. The van der Waals surface area contributed by atoms with Crippen molar-refractivity contribution in [2.45, 2.75) is 51.6 Å². The molecule has 6 nitrogen and oxygen atoms in total. The van der Waals surface area contributed by atoms with Crippen molar-refractivity contribution in [1.82, 2.24) is 20.1 Å². The number of hydrogen-bond acceptors (Lipinski definition) is 4. The Balaban J connectivity index is 1.48. The molecule has 1 aromatic carbocycles. The van der Waals surface area contributed by atoms with Crippen LogP contribution in [0.5, 0.6) is 5.75 Å². The van der Waals surface area contributed by atoms with E-state index in [1.54, 1.807) is 0 Å². The molecule has 1 atom stereocenters. The van der Waals surface area contributed by atoms with Crippen LogP contribution in [-0.2, 0) is 19.4 Å². The Morgan fingerprint density at radius 2 is 2.25 bits per heavy atom. The van der Waals surface area contributed by atoms with Crippen molar-refractivity contribution in [3.8, 4) is 5.75 Å². The number of para-hydroxylation sites is 1. The molecule has 2 aliphatic heterocycles. The fraction of sp³-hybridized carbons (Fsp3) is 0.500. The van der Waals surface area contributed by atoms with Gasteiger partial charge in [-0.1, -0.05) is 26.0 Å². The van der Waals surface area contributed by atoms with Gasteiger partial charge < -0.3 is 10.1 Å². The van der Waals surface area contributed by atoms with E-state index in [0.29, 0.717) is 24.6 Å². The first-order valence-corrected chi connectivity index (χ1v) is 8.61. The van der Waals surface area contributed by atoms with Gasteiger partial charge in [0.05, 0.1) is 18.7 Å². The minimum Gasteiger partial charge on any atom is -0.492 e. The third-order valence-electron chi connectivity index (χ3n) is 4.69. The molecular formula is C18H22N4O2. The third kappa shape index (κ3) is 2.66. The van der Waals surface area contributed by atoms with Crippen molar-refractivity contribution < 1.29 is 9.53 Å². The molecule has 0 spiro atoms. The summed E-state index contributed by atoms with van der Waals surface area (Å²) in [6, 6.07) is 5.85. The number of rotatable bonds is 3. The zero-order valence-corrected chi connectivity index (χ0v) is 14.1. The molecule has 1 amide bonds. The van der Waals surface area contributed by atoms with Crippen molar-refractivity contribution >= 4 is 5.91 Å². The smallest absolute Gasteiger partial charge is 0.255 e. The first-order chi connectivity index (χ1) is 11.6. The Bertz CT molecular complexity index is 781. The van der Waals surface area contributed by atoms with Gasteiger partial charge in [0.2, 0.25) is 0 Å². The first kappa shape index (κ1) is 15.2. The van der Waals surface area contributed by atoms with Crippen LogP contribution in [0.4, 0.5) is 0 Å². The summed E-state index contributed by atoms with van der Waals surface area (Å²) >= 11 is 0. The molecule has 4 rings (SSSR count). The second-order valence-corrected chi connectivity index (χ2v) is 6.82. The van der Waals surface area contributed by atoms with Gasteiger partial charge in [0.15, 0.2) is 5.82 Å². The lowest BCUT2D eigenvalue weighted by Gasteiger charge is -2.23. The summed E-state index contributed by atoms with van der Waals surface area (Å²) in [5.74, 6) is 2.90. The SMILES string of the molecule is CC(C)c1nc2n(n1)CC(NC(=O)c1cccc3c1OCC3)CC2. The van der Waals surface area contributed by atoms with Gasteiger partial charge in [-0.25, -0.2) is 9.67 Å². The number of nitrogens with one attached hydrogen (secondary N) is 1. The number of hydrogen-bond donors (Lipinski definition) is 1. The lowest BCUT2D eigenvalue weighted by Crippen LogP contribution is -2.41. The monoisotopic (exact) mass is 326 g/mol. The number of carbonyl (C=O) groups is 1. The van der Waals surface area contributed by atoms with Gasteiger partial charge in [0.1, 0.15) is 11.6 Å². The van der Waals surface area contributed by atoms with E-state index < -0.39 is 0 Å². The van der Waals surface area contributed by atoms with Crippen LogP contribution in [-0.4, -0.2) is 33.3 Å². The summed E-state index contributed by atoms with van der Waals surface area (Å²) in [6.07, 6.45) is 2.60. The van der Waals surface area contributed by atoms with Gasteiger partial charge in [0.25, 0.3) is 5.91 Å². The molecule has 1 unspecified atom stereocenters. The standard InChI is InChI=1S/C18H22N4O2/c1-11(2)17-20-15-7-6-13(10-22(15)21-17)19-18(23)14-5-3-4-12-8-9-24-16(12)14/h3-5,11,13H,6-10H2,1-2H3,(H,19,23). The summed E-state index contributed by atoms with van der Waals surface area (Å²) in [5, 5.41) is 7.70. The lowest BCUT2D eigenvalue weighted by molar-refractivity contribution is 0.0923. The van der Waals surface area contributed by atoms with Gasteiger partial charge in [-0.3, -0.25) is 4.79 Å². The first-order valence-electron chi connectivity index (χ1n) is 8.61. The number of fused-ring (bicyclic) bond motifs is 2. The van der Waals surface area contributed by atoms with Gasteiger partial charge in [-0.2, -0.15) is 5.10 Å². The Hall–Kier alpha value is -2.37. The van der Waals surface area contributed by atoms with Crippen molar-refractivity contribution in [2.24, 2.45) is 0 Å². The fourth-order valence-corrected chi connectivity index (χ4v) is 3.35. The highest BCUT2D eigenvalue weighted by Crippen LogP contribution is 2.29. The molecule has 0 radical (unpaired) electrons. The summed E-state index contributed by atoms with van der Waals surface area (Å²) in [4.78, 5) is 17.3. The van der Waals surface area contributed by atoms with E-state index in [0.717, 1.165) is 42.2 Å². The molecule has 3 heterocycles. The predicted molar refractivity (Wildman–Crippen MR) is 89.3 cm³/mol. The normalized spacial score (nSPS) is 18.9. The molecule has 0 saturated heterocycles. The largest absolute Gasteiger partial charge is 0.492 e. The quantitative estimate of drug-likeness (QED) is 0.937. The predicted octanol–water partition coefficient (Wildman–Crippen LogP) is 2.08. The van der Waals surface area contributed by atoms with Crippen LogP contribution in [0.2, 0.25) is 0 Å². The summed E-state index contributed by atoms with van der Waals surface area (Å²) in [6.45, 7) is 5.52. The Morgan fingerprint density at radius 3 is 3.08 bits per heavy atom. The Labute approximate surface area is 141 Å². The average Bonchev–Trinajstić information content (AvgIpc) is 3.20. The van der Waals surface area contributed by atoms with Crippen molar-refractivity contribution in [3.05, 3.63) is 41.0 Å². The number of ether oxygens (including phenoxy) is 1. The average molecular weight is 326 g/mol. The van der Waals surface area contributed by atoms with Crippen LogP contribution in [0, 0.1) is 0 Å². The summed E-state index contributed by atoms with van der Waals surface area (Å²) in [7, 11) is 0. The molecule has 1 N–H and O–H groups in total. The lowest BCUT2D eigenvalue weighted by atomic mass is 10.0. The van der Waals surface area contributed by atoms with Crippen LogP contribution in [0.3, 0.4) is 0 Å². The Morgan fingerprint density at radius 1 is 1.38 bits per heavy atom. The molecule has 2 aliphatic rings. The summed E-state index contributed by atoms with van der Waals surface area (Å²) < 4.78 is 7.58. The molecule has 2 aromatic rings. The zero-order valence-electron chi connectivity index (χ0n) is 14.1. The highest BCUT2D eigenvalue weighted by molar-refractivity contribution is 5.97. The van der Waals surface area contributed by atoms with Crippen LogP contribution in [0.1, 0.15) is 53.8 Å². The maximum absolute atomic E-state index is 12.7. The van der Waals surface area contributed by atoms with Crippen LogP contribution in [0.15, 0.2) is 18.2 Å². The van der Waals surface area contributed by atoms with E-state index in [9.17, 15) is 4.79 Å². The second kappa shape index (κ2) is 5.92. The maximum atomic E-state index is 12.7. The Kier molecular flexibility index (Phi) is 3.75. The number of aryl methyl sites for hydroxylation is 1. The zero-order chi connectivity index (χ0) is 16.7. The molecular weight excluding hydrogens is 304 g/mol. The topological polar surface area (TPSA) is 69.0 Å². The van der Waals surface area contributed by atoms with E-state index in [4.69, 9.17) is 4.74 Å². The molecule has 1 aromatic heterocycles. The number of benzene rings is 1. The van der Waals surface area contributed by atoms with Crippen LogP contribution in [0.25, 0.3) is 0 Å². The molecule has 0 saturated carbocycles. The van der Waals surface area contributed by atoms with Gasteiger partial charge in [-0.15, -0.1) is 0 Å². The fourth-order valence-electron chi connectivity index (χ4n) is 3.35. The van der Waals surface area contributed by atoms with Crippen molar-refractivity contribution in [3.63, 3.8) is 0 Å². The minimum absolute atomic E-state index is 0.0635. The number of carbonyl (C=O) groups excluding carboxylic acids is 1. The van der Waals surface area contributed by atoms with E-state index in [1.165, 1.54) is 0 Å². The van der Waals surface area contributed by atoms with E-state index in [2.05, 4.69) is 29.2 Å². The number of nitrogens with zero attached hydrogens (tertiary/aromatic N) is 3. The molecule has 6 heteroatoms. The van der Waals surface area contributed by atoms with E-state index in [-0.39, 0.29) is 11.9 Å². The molecule has 0 aliphatic carbocycles. The highest BCUT2D eigenvalue weighted by atomic mass is 16.5. The van der Waals surface area contributed by atoms with Crippen molar-refractivity contribution in [2.75, 3.05) is 6.61 Å². The molecule has 126 valence electrons. The molecule has 0 bridgehead atoms. The van der Waals surface area contributed by atoms with Gasteiger partial charge in [-0.05, 0) is 18.1 Å². The van der Waals surface area contributed by atoms with E-state index >= 15 is 0 Å². The number of amides is 1. The minimum atomic E-state index is -0.0635.